The molecule has 180 valence electrons. The second-order valence-corrected chi connectivity index (χ2v) is 7.77. The first-order valence-electron chi connectivity index (χ1n) is 10.3. The van der Waals surface area contributed by atoms with Crippen LogP contribution in [0.1, 0.15) is 35.1 Å². The lowest BCUT2D eigenvalue weighted by Gasteiger charge is -2.19. The highest BCUT2D eigenvalue weighted by Gasteiger charge is 2.27. The van der Waals surface area contributed by atoms with Crippen LogP contribution in [-0.4, -0.2) is 32.4 Å². The van der Waals surface area contributed by atoms with Gasteiger partial charge in [0.25, 0.3) is 5.56 Å². The molecule has 0 unspecified atom stereocenters. The van der Waals surface area contributed by atoms with Crippen molar-refractivity contribution in [3.63, 3.8) is 0 Å². The average molecular weight is 471 g/mol. The first-order chi connectivity index (χ1) is 16.0. The van der Waals surface area contributed by atoms with Gasteiger partial charge in [0, 0.05) is 38.3 Å². The molecule has 0 saturated heterocycles. The predicted molar refractivity (Wildman–Crippen MR) is 121 cm³/mol. The van der Waals surface area contributed by atoms with Crippen LogP contribution in [0.4, 0.5) is 0 Å². The Morgan fingerprint density at radius 2 is 1.82 bits per heavy atom. The Kier molecular flexibility index (Phi) is 6.94. The van der Waals surface area contributed by atoms with Crippen LogP contribution >= 0.6 is 0 Å². The van der Waals surface area contributed by atoms with Crippen molar-refractivity contribution in [1.82, 2.24) is 14.5 Å². The van der Waals surface area contributed by atoms with E-state index in [1.165, 1.54) is 57.0 Å². The van der Waals surface area contributed by atoms with Gasteiger partial charge in [-0.25, -0.2) is 4.79 Å². The number of phenolic OH excluding ortho intramolecular Hbond substituents is 1. The van der Waals surface area contributed by atoms with Crippen LogP contribution in [0.25, 0.3) is 0 Å². The summed E-state index contributed by atoms with van der Waals surface area (Å²) in [5.74, 6) is -1.92. The monoisotopic (exact) mass is 471 g/mol. The minimum absolute atomic E-state index is 0.101. The maximum absolute atomic E-state index is 12.9. The van der Waals surface area contributed by atoms with Gasteiger partial charge in [-0.1, -0.05) is 6.07 Å². The molecule has 34 heavy (non-hydrogen) atoms. The molecule has 11 heteroatoms. The lowest BCUT2D eigenvalue weighted by Crippen LogP contribution is -2.39. The number of methoxy groups -OCH3 is 1. The molecule has 0 aliphatic heterocycles. The van der Waals surface area contributed by atoms with E-state index in [4.69, 9.17) is 9.15 Å². The van der Waals surface area contributed by atoms with E-state index in [1.54, 1.807) is 0 Å². The quantitative estimate of drug-likeness (QED) is 0.453. The Morgan fingerprint density at radius 3 is 2.50 bits per heavy atom. The van der Waals surface area contributed by atoms with Crippen LogP contribution < -0.4 is 26.7 Å². The summed E-state index contributed by atoms with van der Waals surface area (Å²) < 4.78 is 12.9. The number of nitrogens with one attached hydrogen (secondary N) is 1. The molecule has 0 fully saturated rings. The van der Waals surface area contributed by atoms with E-state index in [1.807, 2.05) is 0 Å². The van der Waals surface area contributed by atoms with E-state index in [2.05, 4.69) is 5.32 Å². The van der Waals surface area contributed by atoms with Crippen LogP contribution in [0.5, 0.6) is 17.2 Å². The van der Waals surface area contributed by atoms with Crippen LogP contribution in [-0.2, 0) is 25.4 Å². The van der Waals surface area contributed by atoms with Gasteiger partial charge in [-0.05, 0) is 24.6 Å². The van der Waals surface area contributed by atoms with E-state index < -0.39 is 34.3 Å². The van der Waals surface area contributed by atoms with E-state index >= 15 is 0 Å². The first-order valence-corrected chi connectivity index (χ1v) is 10.3. The summed E-state index contributed by atoms with van der Waals surface area (Å²) in [5.41, 5.74) is -0.959. The van der Waals surface area contributed by atoms with Crippen molar-refractivity contribution in [1.29, 1.82) is 0 Å². The molecule has 0 radical (unpaired) electrons. The van der Waals surface area contributed by atoms with Gasteiger partial charge in [-0.15, -0.1) is 0 Å². The van der Waals surface area contributed by atoms with Crippen molar-refractivity contribution in [2.75, 3.05) is 7.11 Å². The number of carbonyl (C=O) groups excluding carboxylic acids is 1. The molecule has 0 spiro atoms. The van der Waals surface area contributed by atoms with E-state index in [-0.39, 0.29) is 36.0 Å². The third-order valence-electron chi connectivity index (χ3n) is 5.48. The molecular formula is C23H25N3O8. The third-order valence-corrected chi connectivity index (χ3v) is 5.48. The molecule has 2 aromatic heterocycles. The molecule has 0 bridgehead atoms. The van der Waals surface area contributed by atoms with Crippen molar-refractivity contribution in [3.8, 4) is 17.2 Å². The second kappa shape index (κ2) is 9.69. The maximum Gasteiger partial charge on any atom is 0.330 e. The molecule has 3 N–H and O–H groups in total. The number of ether oxygens (including phenoxy) is 1. The predicted octanol–water partition coefficient (Wildman–Crippen LogP) is 0.604. The van der Waals surface area contributed by atoms with Crippen LogP contribution in [0.15, 0.2) is 49.1 Å². The largest absolute Gasteiger partial charge is 0.504 e. The highest BCUT2D eigenvalue weighted by Crippen LogP contribution is 2.37. The van der Waals surface area contributed by atoms with Gasteiger partial charge in [0.1, 0.15) is 5.76 Å². The molecule has 3 rings (SSSR count). The van der Waals surface area contributed by atoms with Gasteiger partial charge in [0.15, 0.2) is 17.3 Å². The second-order valence-electron chi connectivity index (χ2n) is 7.77. The molecular weight excluding hydrogens is 446 g/mol. The van der Waals surface area contributed by atoms with Gasteiger partial charge in [0.2, 0.25) is 17.1 Å². The fraction of sp³-hybridized carbons (Fsp3) is 0.304. The summed E-state index contributed by atoms with van der Waals surface area (Å²) in [6.45, 7) is 1.44. The van der Waals surface area contributed by atoms with Crippen molar-refractivity contribution >= 4 is 5.91 Å². The van der Waals surface area contributed by atoms with E-state index in [0.717, 1.165) is 10.6 Å². The van der Waals surface area contributed by atoms with Crippen molar-refractivity contribution in [2.24, 2.45) is 14.1 Å². The van der Waals surface area contributed by atoms with E-state index in [9.17, 15) is 29.4 Å². The number of aromatic hydroxyl groups is 2. The number of aryl methyl sites for hydroxylation is 1. The standard InChI is InChI=1S/C23H25N3O8/c1-12-7-17(28)21(31)22(34-12)15(13-5-6-16(27)18(8-13)33-4)10-19(29)24-11-14-9-20(30)26(3)23(32)25(14)2/h5-9,15,27,31H,10-11H2,1-4H3,(H,24,29)/t15-/m0/s1. The zero-order valence-corrected chi connectivity index (χ0v) is 19.1. The number of hydrogen-bond donors (Lipinski definition) is 3. The Labute approximate surface area is 193 Å². The zero-order valence-electron chi connectivity index (χ0n) is 19.1. The Hall–Kier alpha value is -4.28. The molecule has 11 nitrogen and oxygen atoms in total. The third kappa shape index (κ3) is 4.87. The molecule has 3 aromatic rings. The minimum Gasteiger partial charge on any atom is -0.504 e. The first kappa shape index (κ1) is 24.4. The lowest BCUT2D eigenvalue weighted by atomic mass is 9.91. The highest BCUT2D eigenvalue weighted by molar-refractivity contribution is 5.77. The molecule has 1 aromatic carbocycles. The Bertz CT molecular complexity index is 1420. The minimum atomic E-state index is -0.908. The number of amides is 1. The van der Waals surface area contributed by atoms with Crippen molar-refractivity contribution in [2.45, 2.75) is 25.8 Å². The summed E-state index contributed by atoms with van der Waals surface area (Å²) >= 11 is 0. The lowest BCUT2D eigenvalue weighted by molar-refractivity contribution is -0.121. The highest BCUT2D eigenvalue weighted by atomic mass is 16.5. The number of carbonyl (C=O) groups is 1. The molecule has 0 aliphatic carbocycles. The SMILES string of the molecule is COc1cc([C@H](CC(=O)NCc2cc(=O)n(C)c(=O)n2C)c2oc(C)cc(=O)c2O)ccc1O. The molecule has 1 amide bonds. The Balaban J connectivity index is 1.95. The molecule has 0 aliphatic rings. The number of phenols is 1. The summed E-state index contributed by atoms with van der Waals surface area (Å²) in [7, 11) is 4.19. The topological polar surface area (TPSA) is 153 Å². The van der Waals surface area contributed by atoms with Crippen LogP contribution in [0.3, 0.4) is 0 Å². The van der Waals surface area contributed by atoms with Crippen molar-refractivity contribution in [3.05, 3.63) is 84.2 Å². The zero-order chi connectivity index (χ0) is 25.2. The number of hydrogen-bond acceptors (Lipinski definition) is 8. The molecule has 0 saturated carbocycles. The van der Waals surface area contributed by atoms with Gasteiger partial charge < -0.3 is 24.7 Å². The summed E-state index contributed by atoms with van der Waals surface area (Å²) in [6, 6.07) is 6.72. The van der Waals surface area contributed by atoms with Gasteiger partial charge in [0.05, 0.1) is 19.6 Å². The number of rotatable bonds is 7. The molecule has 1 atom stereocenters. The summed E-state index contributed by atoms with van der Waals surface area (Å²) in [6.07, 6.45) is -0.257. The van der Waals surface area contributed by atoms with Gasteiger partial charge in [-0.3, -0.25) is 23.5 Å². The van der Waals surface area contributed by atoms with Crippen LogP contribution in [0, 0.1) is 6.92 Å². The smallest absolute Gasteiger partial charge is 0.330 e. The number of benzene rings is 1. The van der Waals surface area contributed by atoms with Crippen molar-refractivity contribution < 1.29 is 24.2 Å². The van der Waals surface area contributed by atoms with Crippen LogP contribution in [0.2, 0.25) is 0 Å². The fourth-order valence-corrected chi connectivity index (χ4v) is 3.53. The summed E-state index contributed by atoms with van der Waals surface area (Å²) in [5, 5.41) is 23.0. The van der Waals surface area contributed by atoms with E-state index in [0.29, 0.717) is 11.3 Å². The maximum atomic E-state index is 12.9. The number of nitrogens with zero attached hydrogens (tertiary/aromatic N) is 2. The fourth-order valence-electron chi connectivity index (χ4n) is 3.53. The Morgan fingerprint density at radius 1 is 1.12 bits per heavy atom. The number of aromatic nitrogens is 2. The normalized spacial score (nSPS) is 11.8. The summed E-state index contributed by atoms with van der Waals surface area (Å²) in [4.78, 5) is 49.1. The van der Waals surface area contributed by atoms with Gasteiger partial charge >= 0.3 is 5.69 Å². The van der Waals surface area contributed by atoms with Gasteiger partial charge in [-0.2, -0.15) is 0 Å². The average Bonchev–Trinajstić information content (AvgIpc) is 2.80. The molecule has 2 heterocycles.